The molecule has 0 aliphatic heterocycles. The summed E-state index contributed by atoms with van der Waals surface area (Å²) in [6.07, 6.45) is 0. The Hall–Kier alpha value is -1.52. The van der Waals surface area contributed by atoms with Crippen LogP contribution in [0.5, 0.6) is 11.5 Å². The fraction of sp³-hybridized carbons (Fsp3) is 0.294. The average molecular weight is 350 g/mol. The van der Waals surface area contributed by atoms with Gasteiger partial charge in [0.05, 0.1) is 7.11 Å². The molecule has 0 spiro atoms. The van der Waals surface area contributed by atoms with E-state index >= 15 is 0 Å². The van der Waals surface area contributed by atoms with Crippen molar-refractivity contribution < 1.29 is 9.47 Å². The maximum absolute atomic E-state index is 6.02. The second kappa shape index (κ2) is 7.48. The van der Waals surface area contributed by atoms with Crippen molar-refractivity contribution in [2.75, 3.05) is 14.2 Å². The highest BCUT2D eigenvalue weighted by Gasteiger charge is 2.11. The van der Waals surface area contributed by atoms with Crippen LogP contribution in [-0.2, 0) is 6.61 Å². The van der Waals surface area contributed by atoms with Gasteiger partial charge < -0.3 is 14.8 Å². The zero-order chi connectivity index (χ0) is 15.2. The molecule has 0 radical (unpaired) electrons. The molecule has 4 heteroatoms. The Labute approximate surface area is 134 Å². The monoisotopic (exact) mass is 349 g/mol. The first-order valence-corrected chi connectivity index (χ1v) is 7.66. The molecule has 21 heavy (non-hydrogen) atoms. The SMILES string of the molecule is CNC(C)c1ccc(Br)cc1OCc1ccccc1OC. The Bertz CT molecular complexity index is 601. The van der Waals surface area contributed by atoms with Crippen molar-refractivity contribution in [1.29, 1.82) is 0 Å². The maximum Gasteiger partial charge on any atom is 0.125 e. The fourth-order valence-corrected chi connectivity index (χ4v) is 2.46. The number of nitrogens with one attached hydrogen (secondary N) is 1. The van der Waals surface area contributed by atoms with Crippen molar-refractivity contribution in [2.24, 2.45) is 0 Å². The van der Waals surface area contributed by atoms with Crippen LogP contribution in [0, 0.1) is 0 Å². The molecule has 1 atom stereocenters. The quantitative estimate of drug-likeness (QED) is 0.842. The number of methoxy groups -OCH3 is 1. The van der Waals surface area contributed by atoms with Crippen LogP contribution in [0.25, 0.3) is 0 Å². The van der Waals surface area contributed by atoms with E-state index in [2.05, 4.69) is 34.2 Å². The molecule has 2 aromatic carbocycles. The van der Waals surface area contributed by atoms with Crippen LogP contribution < -0.4 is 14.8 Å². The van der Waals surface area contributed by atoms with E-state index in [0.717, 1.165) is 27.1 Å². The van der Waals surface area contributed by atoms with Gasteiger partial charge in [-0.05, 0) is 32.2 Å². The molecule has 0 saturated heterocycles. The number of halogens is 1. The van der Waals surface area contributed by atoms with Crippen LogP contribution in [0.1, 0.15) is 24.1 Å². The lowest BCUT2D eigenvalue weighted by Gasteiger charge is -2.17. The summed E-state index contributed by atoms with van der Waals surface area (Å²) in [5.41, 5.74) is 2.17. The van der Waals surface area contributed by atoms with E-state index in [1.165, 1.54) is 0 Å². The lowest BCUT2D eigenvalue weighted by Crippen LogP contribution is -2.13. The van der Waals surface area contributed by atoms with Crippen LogP contribution >= 0.6 is 15.9 Å². The summed E-state index contributed by atoms with van der Waals surface area (Å²) in [6.45, 7) is 2.59. The number of hydrogen-bond acceptors (Lipinski definition) is 3. The molecule has 0 amide bonds. The summed E-state index contributed by atoms with van der Waals surface area (Å²) in [5.74, 6) is 1.72. The van der Waals surface area contributed by atoms with E-state index in [9.17, 15) is 0 Å². The Morgan fingerprint density at radius 1 is 1.14 bits per heavy atom. The minimum absolute atomic E-state index is 0.228. The zero-order valence-electron chi connectivity index (χ0n) is 12.5. The highest BCUT2D eigenvalue weighted by atomic mass is 79.9. The number of hydrogen-bond donors (Lipinski definition) is 1. The largest absolute Gasteiger partial charge is 0.496 e. The zero-order valence-corrected chi connectivity index (χ0v) is 14.1. The summed E-state index contributed by atoms with van der Waals surface area (Å²) >= 11 is 3.50. The van der Waals surface area contributed by atoms with Crippen molar-refractivity contribution in [2.45, 2.75) is 19.6 Å². The third kappa shape index (κ3) is 3.99. The predicted molar refractivity (Wildman–Crippen MR) is 88.9 cm³/mol. The first kappa shape index (κ1) is 15.9. The molecule has 0 aliphatic rings. The van der Waals surface area contributed by atoms with E-state index in [0.29, 0.717) is 6.61 Å². The Morgan fingerprint density at radius 3 is 2.62 bits per heavy atom. The molecule has 0 fully saturated rings. The highest BCUT2D eigenvalue weighted by molar-refractivity contribution is 9.10. The Kier molecular flexibility index (Phi) is 5.65. The minimum atomic E-state index is 0.228. The topological polar surface area (TPSA) is 30.5 Å². The highest BCUT2D eigenvalue weighted by Crippen LogP contribution is 2.30. The second-order valence-electron chi connectivity index (χ2n) is 4.79. The Balaban J connectivity index is 2.21. The third-order valence-electron chi connectivity index (χ3n) is 3.45. The van der Waals surface area contributed by atoms with Crippen molar-refractivity contribution in [1.82, 2.24) is 5.32 Å². The minimum Gasteiger partial charge on any atom is -0.496 e. The van der Waals surface area contributed by atoms with Gasteiger partial charge in [-0.25, -0.2) is 0 Å². The van der Waals surface area contributed by atoms with E-state index in [-0.39, 0.29) is 6.04 Å². The predicted octanol–water partition coefficient (Wildman–Crippen LogP) is 4.32. The summed E-state index contributed by atoms with van der Waals surface area (Å²) < 4.78 is 12.4. The van der Waals surface area contributed by atoms with Gasteiger partial charge in [-0.15, -0.1) is 0 Å². The van der Waals surface area contributed by atoms with Gasteiger partial charge in [-0.1, -0.05) is 40.2 Å². The molecule has 112 valence electrons. The van der Waals surface area contributed by atoms with E-state index in [4.69, 9.17) is 9.47 Å². The van der Waals surface area contributed by atoms with Gasteiger partial charge in [0.1, 0.15) is 18.1 Å². The lowest BCUT2D eigenvalue weighted by atomic mass is 10.1. The number of ether oxygens (including phenoxy) is 2. The molecule has 2 aromatic rings. The average Bonchev–Trinajstić information content (AvgIpc) is 2.52. The van der Waals surface area contributed by atoms with Gasteiger partial charge in [0.25, 0.3) is 0 Å². The third-order valence-corrected chi connectivity index (χ3v) is 3.94. The van der Waals surface area contributed by atoms with Crippen LogP contribution in [-0.4, -0.2) is 14.2 Å². The first-order chi connectivity index (χ1) is 10.2. The van der Waals surface area contributed by atoms with Crippen molar-refractivity contribution in [3.05, 3.63) is 58.1 Å². The molecule has 0 saturated carbocycles. The number of benzene rings is 2. The van der Waals surface area contributed by atoms with Gasteiger partial charge in [0.15, 0.2) is 0 Å². The van der Waals surface area contributed by atoms with Crippen molar-refractivity contribution in [3.8, 4) is 11.5 Å². The molecule has 1 unspecified atom stereocenters. The number of para-hydroxylation sites is 1. The van der Waals surface area contributed by atoms with E-state index in [1.807, 2.05) is 43.4 Å². The van der Waals surface area contributed by atoms with Gasteiger partial charge in [-0.2, -0.15) is 0 Å². The van der Waals surface area contributed by atoms with Gasteiger partial charge in [0.2, 0.25) is 0 Å². The first-order valence-electron chi connectivity index (χ1n) is 6.87. The normalized spacial score (nSPS) is 12.0. The summed E-state index contributed by atoms with van der Waals surface area (Å²) in [7, 11) is 3.61. The van der Waals surface area contributed by atoms with Crippen LogP contribution in [0.2, 0.25) is 0 Å². The summed E-state index contributed by atoms with van der Waals surface area (Å²) in [5, 5.41) is 3.24. The standard InChI is InChI=1S/C17H20BrNO2/c1-12(19-2)15-9-8-14(18)10-17(15)21-11-13-6-4-5-7-16(13)20-3/h4-10,12,19H,11H2,1-3H3. The summed E-state index contributed by atoms with van der Waals surface area (Å²) in [4.78, 5) is 0. The van der Waals surface area contributed by atoms with Crippen molar-refractivity contribution in [3.63, 3.8) is 0 Å². The smallest absolute Gasteiger partial charge is 0.125 e. The Morgan fingerprint density at radius 2 is 1.90 bits per heavy atom. The van der Waals surface area contributed by atoms with E-state index in [1.54, 1.807) is 7.11 Å². The summed E-state index contributed by atoms with van der Waals surface area (Å²) in [6, 6.07) is 14.2. The van der Waals surface area contributed by atoms with Gasteiger partial charge in [0, 0.05) is 21.6 Å². The molecule has 0 heterocycles. The molecule has 0 bridgehead atoms. The number of rotatable bonds is 6. The molecular formula is C17H20BrNO2. The van der Waals surface area contributed by atoms with E-state index < -0.39 is 0 Å². The van der Waals surface area contributed by atoms with Gasteiger partial charge >= 0.3 is 0 Å². The second-order valence-corrected chi connectivity index (χ2v) is 5.71. The molecular weight excluding hydrogens is 330 g/mol. The lowest BCUT2D eigenvalue weighted by molar-refractivity contribution is 0.291. The molecule has 3 nitrogen and oxygen atoms in total. The van der Waals surface area contributed by atoms with Gasteiger partial charge in [-0.3, -0.25) is 0 Å². The molecule has 1 N–H and O–H groups in total. The van der Waals surface area contributed by atoms with Crippen LogP contribution in [0.4, 0.5) is 0 Å². The fourth-order valence-electron chi connectivity index (χ4n) is 2.12. The van der Waals surface area contributed by atoms with Crippen LogP contribution in [0.3, 0.4) is 0 Å². The molecule has 2 rings (SSSR count). The van der Waals surface area contributed by atoms with Crippen LogP contribution in [0.15, 0.2) is 46.9 Å². The van der Waals surface area contributed by atoms with Crippen molar-refractivity contribution >= 4 is 15.9 Å². The molecule has 0 aliphatic carbocycles. The maximum atomic E-state index is 6.02. The molecule has 0 aromatic heterocycles.